The van der Waals surface area contributed by atoms with E-state index in [2.05, 4.69) is 18.1 Å². The van der Waals surface area contributed by atoms with Gasteiger partial charge in [0.1, 0.15) is 0 Å². The van der Waals surface area contributed by atoms with Gasteiger partial charge in [0.15, 0.2) is 0 Å². The number of rotatable bonds is 3. The molecule has 0 amide bonds. The van der Waals surface area contributed by atoms with Crippen molar-refractivity contribution in [2.75, 3.05) is 0 Å². The molecule has 0 unspecified atom stereocenters. The average molecular weight is 167 g/mol. The van der Waals surface area contributed by atoms with E-state index in [4.69, 9.17) is 5.73 Å². The van der Waals surface area contributed by atoms with Crippen LogP contribution in [0.25, 0.3) is 0 Å². The van der Waals surface area contributed by atoms with Gasteiger partial charge in [0.05, 0.1) is 5.69 Å². The molecule has 3 heteroatoms. The van der Waals surface area contributed by atoms with Gasteiger partial charge in [-0.15, -0.1) is 0 Å². The molecule has 0 bridgehead atoms. The number of hydrogen-bond donors (Lipinski definition) is 1. The Morgan fingerprint density at radius 1 is 1.67 bits per heavy atom. The third kappa shape index (κ3) is 2.34. The molecule has 0 aromatic carbocycles. The van der Waals surface area contributed by atoms with Crippen LogP contribution in [0.5, 0.6) is 0 Å². The van der Waals surface area contributed by atoms with Gasteiger partial charge in [-0.25, -0.2) is 0 Å². The molecule has 1 rings (SSSR count). The zero-order valence-electron chi connectivity index (χ0n) is 8.04. The lowest BCUT2D eigenvalue weighted by Crippen LogP contribution is -2.15. The SMILES string of the molecule is Cc1cc(CC[C@@H](C)N)nn1C. The fraction of sp³-hybridized carbons (Fsp3) is 0.667. The molecule has 0 aliphatic heterocycles. The molecule has 0 spiro atoms. The summed E-state index contributed by atoms with van der Waals surface area (Å²) in [5.41, 5.74) is 8.00. The fourth-order valence-electron chi connectivity index (χ4n) is 1.13. The molecular weight excluding hydrogens is 150 g/mol. The maximum atomic E-state index is 5.65. The number of hydrogen-bond acceptors (Lipinski definition) is 2. The second-order valence-electron chi connectivity index (χ2n) is 3.42. The second-order valence-corrected chi connectivity index (χ2v) is 3.42. The molecule has 0 aliphatic rings. The van der Waals surface area contributed by atoms with E-state index < -0.39 is 0 Å². The molecule has 0 aliphatic carbocycles. The van der Waals surface area contributed by atoms with Crippen molar-refractivity contribution in [1.82, 2.24) is 9.78 Å². The molecule has 0 radical (unpaired) electrons. The Hall–Kier alpha value is -0.830. The summed E-state index contributed by atoms with van der Waals surface area (Å²) >= 11 is 0. The zero-order valence-corrected chi connectivity index (χ0v) is 8.04. The molecule has 0 saturated carbocycles. The topological polar surface area (TPSA) is 43.8 Å². The largest absolute Gasteiger partial charge is 0.328 e. The van der Waals surface area contributed by atoms with Gasteiger partial charge in [0.25, 0.3) is 0 Å². The number of nitrogens with two attached hydrogens (primary N) is 1. The van der Waals surface area contributed by atoms with Gasteiger partial charge in [-0.3, -0.25) is 4.68 Å². The fourth-order valence-corrected chi connectivity index (χ4v) is 1.13. The average Bonchev–Trinajstić information content (AvgIpc) is 2.28. The van der Waals surface area contributed by atoms with Crippen molar-refractivity contribution < 1.29 is 0 Å². The van der Waals surface area contributed by atoms with Gasteiger partial charge in [0, 0.05) is 18.8 Å². The van der Waals surface area contributed by atoms with E-state index in [1.165, 1.54) is 5.69 Å². The van der Waals surface area contributed by atoms with Crippen molar-refractivity contribution in [2.45, 2.75) is 32.7 Å². The van der Waals surface area contributed by atoms with Crippen molar-refractivity contribution in [3.63, 3.8) is 0 Å². The van der Waals surface area contributed by atoms with E-state index in [0.29, 0.717) is 0 Å². The lowest BCUT2D eigenvalue weighted by Gasteiger charge is -2.00. The van der Waals surface area contributed by atoms with Crippen molar-refractivity contribution in [2.24, 2.45) is 12.8 Å². The molecule has 2 N–H and O–H groups in total. The first-order valence-electron chi connectivity index (χ1n) is 4.34. The van der Waals surface area contributed by atoms with Crippen LogP contribution in [0.15, 0.2) is 6.07 Å². The number of aryl methyl sites for hydroxylation is 3. The van der Waals surface area contributed by atoms with Crippen LogP contribution in [0.4, 0.5) is 0 Å². The highest BCUT2D eigenvalue weighted by atomic mass is 15.3. The van der Waals surface area contributed by atoms with Crippen molar-refractivity contribution in [3.8, 4) is 0 Å². The van der Waals surface area contributed by atoms with Crippen LogP contribution in [0, 0.1) is 6.92 Å². The van der Waals surface area contributed by atoms with Gasteiger partial charge in [0.2, 0.25) is 0 Å². The maximum Gasteiger partial charge on any atom is 0.0627 e. The molecule has 0 saturated heterocycles. The summed E-state index contributed by atoms with van der Waals surface area (Å²) < 4.78 is 1.90. The van der Waals surface area contributed by atoms with E-state index >= 15 is 0 Å². The molecule has 12 heavy (non-hydrogen) atoms. The minimum Gasteiger partial charge on any atom is -0.328 e. The Labute approximate surface area is 73.6 Å². The Morgan fingerprint density at radius 2 is 2.33 bits per heavy atom. The van der Waals surface area contributed by atoms with Crippen LogP contribution < -0.4 is 5.73 Å². The normalized spacial score (nSPS) is 13.3. The number of aromatic nitrogens is 2. The van der Waals surface area contributed by atoms with Crippen LogP contribution in [0.1, 0.15) is 24.7 Å². The maximum absolute atomic E-state index is 5.65. The Balaban J connectivity index is 2.53. The van der Waals surface area contributed by atoms with Crippen molar-refractivity contribution >= 4 is 0 Å². The molecule has 0 fully saturated rings. The summed E-state index contributed by atoms with van der Waals surface area (Å²) in [6.07, 6.45) is 2.00. The first-order valence-corrected chi connectivity index (χ1v) is 4.34. The third-order valence-electron chi connectivity index (χ3n) is 2.02. The van der Waals surface area contributed by atoms with Crippen LogP contribution >= 0.6 is 0 Å². The summed E-state index contributed by atoms with van der Waals surface area (Å²) in [6, 6.07) is 2.38. The van der Waals surface area contributed by atoms with Crippen molar-refractivity contribution in [3.05, 3.63) is 17.5 Å². The number of nitrogens with zero attached hydrogens (tertiary/aromatic N) is 2. The standard InChI is InChI=1S/C9H17N3/c1-7(10)4-5-9-6-8(2)12(3)11-9/h6-7H,4-5,10H2,1-3H3/t7-/m1/s1. The predicted molar refractivity (Wildman–Crippen MR) is 49.9 cm³/mol. The first-order chi connectivity index (χ1) is 5.59. The summed E-state index contributed by atoms with van der Waals surface area (Å²) in [7, 11) is 1.96. The van der Waals surface area contributed by atoms with E-state index in [1.54, 1.807) is 0 Å². The molecule has 1 aromatic heterocycles. The molecule has 1 atom stereocenters. The lowest BCUT2D eigenvalue weighted by atomic mass is 10.1. The highest BCUT2D eigenvalue weighted by Crippen LogP contribution is 2.04. The summed E-state index contributed by atoms with van der Waals surface area (Å²) in [5, 5.41) is 4.34. The third-order valence-corrected chi connectivity index (χ3v) is 2.02. The molecule has 68 valence electrons. The summed E-state index contributed by atoms with van der Waals surface area (Å²) in [6.45, 7) is 4.08. The van der Waals surface area contributed by atoms with Gasteiger partial charge in [-0.2, -0.15) is 5.10 Å². The highest BCUT2D eigenvalue weighted by Gasteiger charge is 2.01. The van der Waals surface area contributed by atoms with Gasteiger partial charge < -0.3 is 5.73 Å². The summed E-state index contributed by atoms with van der Waals surface area (Å²) in [5.74, 6) is 0. The molecular formula is C9H17N3. The van der Waals surface area contributed by atoms with E-state index in [1.807, 2.05) is 18.7 Å². The Bertz CT molecular complexity index is 231. The molecule has 3 nitrogen and oxygen atoms in total. The van der Waals surface area contributed by atoms with E-state index in [-0.39, 0.29) is 6.04 Å². The summed E-state index contributed by atoms with van der Waals surface area (Å²) in [4.78, 5) is 0. The van der Waals surface area contributed by atoms with E-state index in [9.17, 15) is 0 Å². The van der Waals surface area contributed by atoms with Gasteiger partial charge >= 0.3 is 0 Å². The van der Waals surface area contributed by atoms with Crippen LogP contribution in [0.3, 0.4) is 0 Å². The molecule has 1 aromatic rings. The van der Waals surface area contributed by atoms with Crippen LogP contribution in [0.2, 0.25) is 0 Å². The monoisotopic (exact) mass is 167 g/mol. The molecule has 1 heterocycles. The smallest absolute Gasteiger partial charge is 0.0627 e. The quantitative estimate of drug-likeness (QED) is 0.730. The first kappa shape index (κ1) is 9.26. The van der Waals surface area contributed by atoms with Gasteiger partial charge in [-0.05, 0) is 32.8 Å². The predicted octanol–water partition coefficient (Wildman–Crippen LogP) is 1.01. The van der Waals surface area contributed by atoms with Crippen molar-refractivity contribution in [1.29, 1.82) is 0 Å². The van der Waals surface area contributed by atoms with Gasteiger partial charge in [-0.1, -0.05) is 0 Å². The van der Waals surface area contributed by atoms with Crippen LogP contribution in [-0.4, -0.2) is 15.8 Å². The Kier molecular flexibility index (Phi) is 2.87. The lowest BCUT2D eigenvalue weighted by molar-refractivity contribution is 0.643. The Morgan fingerprint density at radius 3 is 2.75 bits per heavy atom. The zero-order chi connectivity index (χ0) is 9.14. The van der Waals surface area contributed by atoms with Crippen LogP contribution in [-0.2, 0) is 13.5 Å². The highest BCUT2D eigenvalue weighted by molar-refractivity contribution is 5.08. The minimum absolute atomic E-state index is 0.271. The minimum atomic E-state index is 0.271. The van der Waals surface area contributed by atoms with E-state index in [0.717, 1.165) is 18.5 Å². The second kappa shape index (κ2) is 3.72.